The second-order valence-electron chi connectivity index (χ2n) is 4.58. The normalized spacial score (nSPS) is 11.4. The second-order valence-corrected chi connectivity index (χ2v) is 6.50. The third kappa shape index (κ3) is 3.47. The molecular weight excluding hydrogens is 266 g/mol. The van der Waals surface area contributed by atoms with Crippen molar-refractivity contribution in [2.75, 3.05) is 19.4 Å². The van der Waals surface area contributed by atoms with Gasteiger partial charge in [0.25, 0.3) is 0 Å². The number of aromatic nitrogens is 3. The van der Waals surface area contributed by atoms with Crippen molar-refractivity contribution in [1.29, 1.82) is 0 Å². The van der Waals surface area contributed by atoms with Crippen LogP contribution >= 0.6 is 22.7 Å². The molecule has 0 unspecified atom stereocenters. The van der Waals surface area contributed by atoms with Crippen molar-refractivity contribution >= 4 is 27.8 Å². The summed E-state index contributed by atoms with van der Waals surface area (Å²) >= 11 is 3.21. The average molecular weight is 283 g/mol. The molecule has 18 heavy (non-hydrogen) atoms. The highest BCUT2D eigenvalue weighted by molar-refractivity contribution is 7.18. The van der Waals surface area contributed by atoms with E-state index >= 15 is 0 Å². The van der Waals surface area contributed by atoms with Crippen molar-refractivity contribution in [2.45, 2.75) is 26.4 Å². The lowest BCUT2D eigenvalue weighted by Gasteiger charge is -2.04. The lowest BCUT2D eigenvalue weighted by molar-refractivity contribution is 0.402. The highest BCUT2D eigenvalue weighted by Crippen LogP contribution is 2.27. The number of hydrogen-bond donors (Lipinski definition) is 1. The SMILES string of the molecule is CC(C)Nc1nnc(-c2csc(CN(C)C)n2)s1. The molecule has 0 aliphatic carbocycles. The Hall–Kier alpha value is -1.05. The Morgan fingerprint density at radius 1 is 1.33 bits per heavy atom. The quantitative estimate of drug-likeness (QED) is 0.914. The highest BCUT2D eigenvalue weighted by Gasteiger charge is 2.11. The molecule has 5 nitrogen and oxygen atoms in total. The van der Waals surface area contributed by atoms with E-state index in [0.29, 0.717) is 6.04 Å². The van der Waals surface area contributed by atoms with E-state index < -0.39 is 0 Å². The second kappa shape index (κ2) is 5.73. The molecule has 2 aromatic heterocycles. The Morgan fingerprint density at radius 2 is 2.11 bits per heavy atom. The summed E-state index contributed by atoms with van der Waals surface area (Å²) in [6.45, 7) is 5.03. The minimum Gasteiger partial charge on any atom is -0.358 e. The maximum Gasteiger partial charge on any atom is 0.206 e. The molecule has 0 aliphatic heterocycles. The fraction of sp³-hybridized carbons (Fsp3) is 0.545. The van der Waals surface area contributed by atoms with Gasteiger partial charge in [0.2, 0.25) is 5.13 Å². The van der Waals surface area contributed by atoms with Crippen molar-refractivity contribution in [2.24, 2.45) is 0 Å². The topological polar surface area (TPSA) is 53.9 Å². The molecule has 0 saturated carbocycles. The molecule has 1 N–H and O–H groups in total. The molecule has 0 aliphatic rings. The molecule has 2 rings (SSSR count). The molecule has 0 amide bonds. The molecule has 0 aromatic carbocycles. The fourth-order valence-corrected chi connectivity index (χ4v) is 3.20. The Labute approximate surface area is 115 Å². The van der Waals surface area contributed by atoms with E-state index in [1.807, 2.05) is 19.5 Å². The summed E-state index contributed by atoms with van der Waals surface area (Å²) < 4.78 is 0. The van der Waals surface area contributed by atoms with Crippen molar-refractivity contribution in [3.8, 4) is 10.7 Å². The van der Waals surface area contributed by atoms with Gasteiger partial charge in [-0.2, -0.15) is 0 Å². The maximum absolute atomic E-state index is 4.57. The van der Waals surface area contributed by atoms with Gasteiger partial charge in [-0.05, 0) is 27.9 Å². The number of nitrogens with zero attached hydrogens (tertiary/aromatic N) is 4. The molecule has 0 atom stereocenters. The first kappa shape index (κ1) is 13.4. The van der Waals surface area contributed by atoms with Gasteiger partial charge in [0.1, 0.15) is 10.7 Å². The summed E-state index contributed by atoms with van der Waals surface area (Å²) in [6, 6.07) is 0.366. The van der Waals surface area contributed by atoms with Gasteiger partial charge in [0, 0.05) is 18.0 Å². The maximum atomic E-state index is 4.57. The van der Waals surface area contributed by atoms with Crippen LogP contribution in [0.15, 0.2) is 5.38 Å². The predicted molar refractivity (Wildman–Crippen MR) is 77.2 cm³/mol. The Balaban J connectivity index is 2.11. The zero-order valence-electron chi connectivity index (χ0n) is 11.0. The smallest absolute Gasteiger partial charge is 0.206 e. The van der Waals surface area contributed by atoms with Gasteiger partial charge >= 0.3 is 0 Å². The van der Waals surface area contributed by atoms with Crippen LogP contribution in [-0.2, 0) is 6.54 Å². The summed E-state index contributed by atoms with van der Waals surface area (Å²) in [5.41, 5.74) is 0.922. The first-order valence-corrected chi connectivity index (χ1v) is 7.43. The van der Waals surface area contributed by atoms with Crippen molar-refractivity contribution < 1.29 is 0 Å². The first-order valence-electron chi connectivity index (χ1n) is 5.74. The number of thiazole rings is 1. The van der Waals surface area contributed by atoms with Gasteiger partial charge in [0.15, 0.2) is 5.01 Å². The highest BCUT2D eigenvalue weighted by atomic mass is 32.1. The van der Waals surface area contributed by atoms with Gasteiger partial charge in [-0.1, -0.05) is 11.3 Å². The van der Waals surface area contributed by atoms with Crippen LogP contribution in [0, 0.1) is 0 Å². The lowest BCUT2D eigenvalue weighted by Crippen LogP contribution is -2.10. The zero-order valence-corrected chi connectivity index (χ0v) is 12.6. The molecule has 2 heterocycles. The van der Waals surface area contributed by atoms with Gasteiger partial charge < -0.3 is 10.2 Å². The van der Waals surface area contributed by atoms with Crippen LogP contribution in [0.25, 0.3) is 10.7 Å². The predicted octanol–water partition coefficient (Wildman–Crippen LogP) is 2.54. The average Bonchev–Trinajstić information content (AvgIpc) is 2.85. The number of hydrogen-bond acceptors (Lipinski definition) is 7. The lowest BCUT2D eigenvalue weighted by atomic mass is 10.4. The van der Waals surface area contributed by atoms with E-state index in [2.05, 4.69) is 39.2 Å². The van der Waals surface area contributed by atoms with E-state index in [1.54, 1.807) is 22.7 Å². The van der Waals surface area contributed by atoms with E-state index in [1.165, 1.54) is 0 Å². The van der Waals surface area contributed by atoms with Gasteiger partial charge in [-0.3, -0.25) is 0 Å². The third-order valence-corrected chi connectivity index (χ3v) is 3.77. The monoisotopic (exact) mass is 283 g/mol. The van der Waals surface area contributed by atoms with E-state index in [0.717, 1.165) is 27.4 Å². The molecule has 0 radical (unpaired) electrons. The first-order chi connectivity index (χ1) is 8.54. The van der Waals surface area contributed by atoms with Gasteiger partial charge in [-0.25, -0.2) is 4.98 Å². The number of anilines is 1. The van der Waals surface area contributed by atoms with Gasteiger partial charge in [-0.15, -0.1) is 21.5 Å². The molecule has 0 spiro atoms. The minimum absolute atomic E-state index is 0.366. The van der Waals surface area contributed by atoms with Crippen molar-refractivity contribution in [1.82, 2.24) is 20.1 Å². The summed E-state index contributed by atoms with van der Waals surface area (Å²) in [5, 5.41) is 16.4. The van der Waals surface area contributed by atoms with Crippen LogP contribution in [0.1, 0.15) is 18.9 Å². The van der Waals surface area contributed by atoms with Crippen LogP contribution in [0.4, 0.5) is 5.13 Å². The summed E-state index contributed by atoms with van der Waals surface area (Å²) in [6.07, 6.45) is 0. The largest absolute Gasteiger partial charge is 0.358 e. The van der Waals surface area contributed by atoms with Crippen LogP contribution in [0.2, 0.25) is 0 Å². The van der Waals surface area contributed by atoms with Crippen LogP contribution in [0.5, 0.6) is 0 Å². The Kier molecular flexibility index (Phi) is 4.26. The van der Waals surface area contributed by atoms with E-state index in [4.69, 9.17) is 0 Å². The molecule has 2 aromatic rings. The summed E-state index contributed by atoms with van der Waals surface area (Å²) in [4.78, 5) is 6.68. The van der Waals surface area contributed by atoms with Crippen molar-refractivity contribution in [3.63, 3.8) is 0 Å². The molecule has 0 bridgehead atoms. The van der Waals surface area contributed by atoms with Gasteiger partial charge in [0.05, 0.1) is 0 Å². The van der Waals surface area contributed by atoms with Crippen LogP contribution in [0.3, 0.4) is 0 Å². The van der Waals surface area contributed by atoms with Crippen molar-refractivity contribution in [3.05, 3.63) is 10.4 Å². The Bertz CT molecular complexity index is 457. The summed E-state index contributed by atoms with van der Waals surface area (Å²) in [7, 11) is 4.08. The number of rotatable bonds is 5. The summed E-state index contributed by atoms with van der Waals surface area (Å²) in [5.74, 6) is 0. The minimum atomic E-state index is 0.366. The molecule has 98 valence electrons. The van der Waals surface area contributed by atoms with Crippen LogP contribution in [-0.4, -0.2) is 40.2 Å². The fourth-order valence-electron chi connectivity index (χ4n) is 1.38. The third-order valence-electron chi connectivity index (χ3n) is 2.06. The number of nitrogens with one attached hydrogen (secondary N) is 1. The molecule has 0 fully saturated rings. The molecule has 7 heteroatoms. The molecular formula is C11H17N5S2. The van der Waals surface area contributed by atoms with E-state index in [-0.39, 0.29) is 0 Å². The van der Waals surface area contributed by atoms with E-state index in [9.17, 15) is 0 Å². The Morgan fingerprint density at radius 3 is 2.78 bits per heavy atom. The van der Waals surface area contributed by atoms with Crippen LogP contribution < -0.4 is 5.32 Å². The standard InChI is InChI=1S/C11H17N5S2/c1-7(2)12-11-15-14-10(18-11)8-6-17-9(13-8)5-16(3)4/h6-7H,5H2,1-4H3,(H,12,15). The zero-order chi connectivity index (χ0) is 13.1. The molecule has 0 saturated heterocycles.